The van der Waals surface area contributed by atoms with E-state index in [0.717, 1.165) is 23.5 Å². The Morgan fingerprint density at radius 1 is 1.18 bits per heavy atom. The van der Waals surface area contributed by atoms with Crippen LogP contribution in [-0.4, -0.2) is 33.8 Å². The van der Waals surface area contributed by atoms with Gasteiger partial charge in [0.1, 0.15) is 0 Å². The first-order valence-electron chi connectivity index (χ1n) is 6.19. The molecule has 0 aliphatic carbocycles. The van der Waals surface area contributed by atoms with Gasteiger partial charge >= 0.3 is 0 Å². The topological polar surface area (TPSA) is 57.7 Å². The Morgan fingerprint density at radius 2 is 2.00 bits per heavy atom. The van der Waals surface area contributed by atoms with Gasteiger partial charge in [0.05, 0.1) is 0 Å². The Kier molecular flexibility index (Phi) is 3.90. The maximum absolute atomic E-state index is 4.31. The first-order chi connectivity index (χ1) is 8.33. The number of hydrogen-bond donors (Lipinski definition) is 1. The fourth-order valence-electron chi connectivity index (χ4n) is 1.89. The first-order valence-corrected chi connectivity index (χ1v) is 6.19. The summed E-state index contributed by atoms with van der Waals surface area (Å²) in [5, 5.41) is 7.18. The molecular formula is C12H19N5. The molecule has 2 aromatic rings. The number of fused-ring (bicyclic) bond motifs is 1. The summed E-state index contributed by atoms with van der Waals surface area (Å²) in [7, 11) is 2.05. The summed E-state index contributed by atoms with van der Waals surface area (Å²) < 4.78 is 0. The van der Waals surface area contributed by atoms with Crippen molar-refractivity contribution in [3.8, 4) is 0 Å². The number of anilines is 1. The van der Waals surface area contributed by atoms with Crippen LogP contribution >= 0.6 is 0 Å². The molecule has 0 fully saturated rings. The smallest absolute Gasteiger partial charge is 0.178 e. The van der Waals surface area contributed by atoms with Gasteiger partial charge < -0.3 is 4.90 Å². The molecule has 0 bridgehead atoms. The highest BCUT2D eigenvalue weighted by Gasteiger charge is 2.11. The number of aromatic nitrogens is 4. The van der Waals surface area contributed by atoms with E-state index in [1.807, 2.05) is 0 Å². The van der Waals surface area contributed by atoms with Gasteiger partial charge in [-0.2, -0.15) is 5.10 Å². The van der Waals surface area contributed by atoms with E-state index in [1.165, 1.54) is 25.7 Å². The van der Waals surface area contributed by atoms with E-state index in [1.54, 1.807) is 12.4 Å². The second-order valence-electron chi connectivity index (χ2n) is 4.28. The summed E-state index contributed by atoms with van der Waals surface area (Å²) in [6.45, 7) is 3.23. The number of aromatic amines is 1. The van der Waals surface area contributed by atoms with Gasteiger partial charge in [0, 0.05) is 26.0 Å². The van der Waals surface area contributed by atoms with Crippen molar-refractivity contribution >= 4 is 17.0 Å². The Labute approximate surface area is 101 Å². The van der Waals surface area contributed by atoms with Gasteiger partial charge in [-0.25, -0.2) is 9.97 Å². The summed E-state index contributed by atoms with van der Waals surface area (Å²) in [5.41, 5.74) is 1.60. The van der Waals surface area contributed by atoms with E-state index in [-0.39, 0.29) is 0 Å². The summed E-state index contributed by atoms with van der Waals surface area (Å²) in [5.74, 6) is 0.893. The minimum Gasteiger partial charge on any atom is -0.356 e. The fourth-order valence-corrected chi connectivity index (χ4v) is 1.89. The normalized spacial score (nSPS) is 10.9. The molecule has 0 atom stereocenters. The average molecular weight is 233 g/mol. The number of hydrogen-bond acceptors (Lipinski definition) is 4. The first kappa shape index (κ1) is 11.8. The molecule has 5 heteroatoms. The zero-order valence-electron chi connectivity index (χ0n) is 10.5. The number of nitrogens with one attached hydrogen (secondary N) is 1. The van der Waals surface area contributed by atoms with Crippen LogP contribution in [0.4, 0.5) is 5.82 Å². The zero-order chi connectivity index (χ0) is 12.1. The zero-order valence-corrected chi connectivity index (χ0v) is 10.5. The van der Waals surface area contributed by atoms with E-state index in [9.17, 15) is 0 Å². The third kappa shape index (κ3) is 2.72. The lowest BCUT2D eigenvalue weighted by Crippen LogP contribution is -2.19. The van der Waals surface area contributed by atoms with Crippen LogP contribution in [0, 0.1) is 0 Å². The van der Waals surface area contributed by atoms with Gasteiger partial charge in [-0.15, -0.1) is 0 Å². The lowest BCUT2D eigenvalue weighted by atomic mass is 10.2. The van der Waals surface area contributed by atoms with Crippen LogP contribution in [0.15, 0.2) is 12.4 Å². The molecule has 0 saturated carbocycles. The molecule has 2 aromatic heterocycles. The van der Waals surface area contributed by atoms with E-state index in [2.05, 4.69) is 39.0 Å². The van der Waals surface area contributed by atoms with Crippen molar-refractivity contribution in [1.29, 1.82) is 0 Å². The third-order valence-corrected chi connectivity index (χ3v) is 2.89. The Morgan fingerprint density at radius 3 is 2.82 bits per heavy atom. The highest BCUT2D eigenvalue weighted by Crippen LogP contribution is 2.19. The van der Waals surface area contributed by atoms with Gasteiger partial charge in [0.15, 0.2) is 17.0 Å². The molecule has 1 N–H and O–H groups in total. The highest BCUT2D eigenvalue weighted by molar-refractivity contribution is 5.82. The van der Waals surface area contributed by atoms with Gasteiger partial charge in [-0.1, -0.05) is 26.2 Å². The van der Waals surface area contributed by atoms with E-state index >= 15 is 0 Å². The summed E-state index contributed by atoms with van der Waals surface area (Å²) in [6.07, 6.45) is 8.40. The summed E-state index contributed by atoms with van der Waals surface area (Å²) in [4.78, 5) is 10.6. The number of nitrogens with zero attached hydrogens (tertiary/aromatic N) is 4. The van der Waals surface area contributed by atoms with Crippen LogP contribution < -0.4 is 4.90 Å². The van der Waals surface area contributed by atoms with Crippen molar-refractivity contribution in [3.63, 3.8) is 0 Å². The molecule has 0 aliphatic heterocycles. The van der Waals surface area contributed by atoms with Crippen molar-refractivity contribution < 1.29 is 0 Å². The van der Waals surface area contributed by atoms with Crippen molar-refractivity contribution in [2.24, 2.45) is 0 Å². The van der Waals surface area contributed by atoms with Crippen LogP contribution in [-0.2, 0) is 0 Å². The predicted octanol–water partition coefficient (Wildman–Crippen LogP) is 2.37. The molecule has 0 aliphatic rings. The highest BCUT2D eigenvalue weighted by atomic mass is 15.3. The number of rotatable bonds is 6. The molecule has 17 heavy (non-hydrogen) atoms. The Hall–Kier alpha value is -1.65. The lowest BCUT2D eigenvalue weighted by Gasteiger charge is -2.15. The molecule has 0 saturated heterocycles. The van der Waals surface area contributed by atoms with Crippen molar-refractivity contribution in [2.45, 2.75) is 32.6 Å². The van der Waals surface area contributed by atoms with E-state index in [4.69, 9.17) is 0 Å². The molecule has 92 valence electrons. The molecule has 0 unspecified atom stereocenters. The minimum absolute atomic E-state index is 0.753. The molecule has 5 nitrogen and oxygen atoms in total. The second kappa shape index (κ2) is 5.61. The molecule has 0 aromatic carbocycles. The van der Waals surface area contributed by atoms with Gasteiger partial charge in [0.25, 0.3) is 0 Å². The Bertz CT molecular complexity index is 465. The number of unbranched alkanes of at least 4 members (excludes halogenated alkanes) is 3. The molecule has 0 radical (unpaired) electrons. The molecule has 0 amide bonds. The molecule has 0 spiro atoms. The van der Waals surface area contributed by atoms with Crippen LogP contribution in [0.2, 0.25) is 0 Å². The van der Waals surface area contributed by atoms with Gasteiger partial charge in [0.2, 0.25) is 0 Å². The average Bonchev–Trinajstić information content (AvgIpc) is 2.78. The maximum atomic E-state index is 4.31. The quantitative estimate of drug-likeness (QED) is 0.778. The van der Waals surface area contributed by atoms with Crippen molar-refractivity contribution in [2.75, 3.05) is 18.5 Å². The van der Waals surface area contributed by atoms with Crippen LogP contribution in [0.25, 0.3) is 11.2 Å². The van der Waals surface area contributed by atoms with Gasteiger partial charge in [-0.05, 0) is 6.42 Å². The van der Waals surface area contributed by atoms with Crippen molar-refractivity contribution in [1.82, 2.24) is 20.2 Å². The number of H-pyrrole nitrogens is 1. The lowest BCUT2D eigenvalue weighted by molar-refractivity contribution is 0.659. The second-order valence-corrected chi connectivity index (χ2v) is 4.28. The van der Waals surface area contributed by atoms with Crippen molar-refractivity contribution in [3.05, 3.63) is 12.4 Å². The monoisotopic (exact) mass is 233 g/mol. The maximum Gasteiger partial charge on any atom is 0.178 e. The van der Waals surface area contributed by atoms with E-state index in [0.29, 0.717) is 0 Å². The van der Waals surface area contributed by atoms with Gasteiger partial charge in [-0.3, -0.25) is 5.10 Å². The minimum atomic E-state index is 0.753. The van der Waals surface area contributed by atoms with Crippen LogP contribution in [0.1, 0.15) is 32.6 Å². The molecular weight excluding hydrogens is 214 g/mol. The van der Waals surface area contributed by atoms with Crippen LogP contribution in [0.5, 0.6) is 0 Å². The SMILES string of the molecule is CCCCCCN(C)c1n[nH]c2nccnc12. The summed E-state index contributed by atoms with van der Waals surface area (Å²) >= 11 is 0. The Balaban J connectivity index is 2.01. The largest absolute Gasteiger partial charge is 0.356 e. The standard InChI is InChI=1S/C12H19N5/c1-3-4-5-6-9-17(2)12-10-11(15-16-12)14-8-7-13-10/h7-8H,3-6,9H2,1-2H3,(H,14,15,16). The van der Waals surface area contributed by atoms with Crippen LogP contribution in [0.3, 0.4) is 0 Å². The molecule has 2 rings (SSSR count). The predicted molar refractivity (Wildman–Crippen MR) is 69.1 cm³/mol. The fraction of sp³-hybridized carbons (Fsp3) is 0.583. The third-order valence-electron chi connectivity index (χ3n) is 2.89. The molecule has 2 heterocycles. The summed E-state index contributed by atoms with van der Waals surface area (Å²) in [6, 6.07) is 0. The van der Waals surface area contributed by atoms with E-state index < -0.39 is 0 Å².